The summed E-state index contributed by atoms with van der Waals surface area (Å²) in [5.74, 6) is -0.0642. The van der Waals surface area contributed by atoms with Crippen LogP contribution in [0.1, 0.15) is 19.4 Å². The molecule has 5 nitrogen and oxygen atoms in total. The Labute approximate surface area is 129 Å². The van der Waals surface area contributed by atoms with Crippen LogP contribution in [0.2, 0.25) is 5.02 Å². The molecular weight excluding hydrogens is 290 g/mol. The van der Waals surface area contributed by atoms with Crippen molar-refractivity contribution < 1.29 is 9.59 Å². The zero-order valence-corrected chi connectivity index (χ0v) is 13.2. The summed E-state index contributed by atoms with van der Waals surface area (Å²) >= 11 is 6.13. The molecule has 1 atom stereocenters. The second-order valence-electron chi connectivity index (χ2n) is 5.54. The van der Waals surface area contributed by atoms with Crippen LogP contribution in [-0.2, 0) is 4.79 Å². The van der Waals surface area contributed by atoms with Gasteiger partial charge in [-0.15, -0.1) is 0 Å². The third kappa shape index (κ3) is 3.29. The summed E-state index contributed by atoms with van der Waals surface area (Å²) in [5, 5.41) is 6.12. The molecule has 0 aliphatic carbocycles. The monoisotopic (exact) mass is 309 g/mol. The van der Waals surface area contributed by atoms with Crippen molar-refractivity contribution in [1.82, 2.24) is 10.2 Å². The normalized spacial score (nSPS) is 18.6. The molecule has 0 aromatic heterocycles. The second kappa shape index (κ2) is 6.35. The molecule has 1 heterocycles. The lowest BCUT2D eigenvalue weighted by Gasteiger charge is -2.37. The van der Waals surface area contributed by atoms with Crippen molar-refractivity contribution in [1.29, 1.82) is 0 Å². The standard InChI is InChI=1S/C15H20ClN3O2/c1-9(2)13-14(20)17-7-8-19(13)15(21)18-12-10(3)5-4-6-11(12)16/h4-6,9,13H,7-8H2,1-3H3,(H,17,20)(H,18,21)/t13-/m0/s1. The van der Waals surface area contributed by atoms with Crippen LogP contribution in [0, 0.1) is 12.8 Å². The first-order valence-corrected chi connectivity index (χ1v) is 7.40. The van der Waals surface area contributed by atoms with Gasteiger partial charge < -0.3 is 15.5 Å². The number of aryl methyl sites for hydroxylation is 1. The van der Waals surface area contributed by atoms with E-state index in [2.05, 4.69) is 10.6 Å². The summed E-state index contributed by atoms with van der Waals surface area (Å²) in [7, 11) is 0. The third-order valence-corrected chi connectivity index (χ3v) is 3.92. The van der Waals surface area contributed by atoms with Gasteiger partial charge >= 0.3 is 6.03 Å². The fourth-order valence-corrected chi connectivity index (χ4v) is 2.81. The first-order valence-electron chi connectivity index (χ1n) is 7.02. The number of carbonyl (C=O) groups is 2. The fraction of sp³-hybridized carbons (Fsp3) is 0.467. The molecule has 1 aliphatic rings. The quantitative estimate of drug-likeness (QED) is 0.882. The van der Waals surface area contributed by atoms with Crippen LogP contribution in [0.15, 0.2) is 18.2 Å². The molecule has 2 rings (SSSR count). The highest BCUT2D eigenvalue weighted by molar-refractivity contribution is 6.33. The van der Waals surface area contributed by atoms with Gasteiger partial charge in [0.2, 0.25) is 5.91 Å². The summed E-state index contributed by atoms with van der Waals surface area (Å²) in [6, 6.07) is 4.69. The molecule has 0 radical (unpaired) electrons. The molecule has 0 saturated carbocycles. The van der Waals surface area contributed by atoms with Crippen LogP contribution in [0.4, 0.5) is 10.5 Å². The highest BCUT2D eigenvalue weighted by atomic mass is 35.5. The topological polar surface area (TPSA) is 61.4 Å². The van der Waals surface area contributed by atoms with Gasteiger partial charge in [-0.05, 0) is 24.5 Å². The maximum Gasteiger partial charge on any atom is 0.322 e. The highest BCUT2D eigenvalue weighted by Crippen LogP contribution is 2.26. The van der Waals surface area contributed by atoms with Crippen molar-refractivity contribution in [3.05, 3.63) is 28.8 Å². The lowest BCUT2D eigenvalue weighted by Crippen LogP contribution is -2.60. The maximum absolute atomic E-state index is 12.5. The third-order valence-electron chi connectivity index (χ3n) is 3.60. The van der Waals surface area contributed by atoms with E-state index in [1.165, 1.54) is 0 Å². The first kappa shape index (κ1) is 15.6. The van der Waals surface area contributed by atoms with Gasteiger partial charge in [0.25, 0.3) is 0 Å². The minimum absolute atomic E-state index is 0.0448. The van der Waals surface area contributed by atoms with Gasteiger partial charge in [-0.1, -0.05) is 37.6 Å². The largest absolute Gasteiger partial charge is 0.353 e. The van der Waals surface area contributed by atoms with Crippen molar-refractivity contribution in [2.45, 2.75) is 26.8 Å². The minimum atomic E-state index is -0.457. The number of hydrogen-bond donors (Lipinski definition) is 2. The Morgan fingerprint density at radius 1 is 1.48 bits per heavy atom. The van der Waals surface area contributed by atoms with Crippen LogP contribution < -0.4 is 10.6 Å². The molecule has 0 bridgehead atoms. The minimum Gasteiger partial charge on any atom is -0.353 e. The van der Waals surface area contributed by atoms with Gasteiger partial charge in [0, 0.05) is 13.1 Å². The predicted molar refractivity (Wildman–Crippen MR) is 83.5 cm³/mol. The molecule has 2 N–H and O–H groups in total. The number of halogens is 1. The van der Waals surface area contributed by atoms with E-state index in [1.54, 1.807) is 11.0 Å². The summed E-state index contributed by atoms with van der Waals surface area (Å²) in [6.45, 7) is 6.69. The molecular formula is C15H20ClN3O2. The average Bonchev–Trinajstić information content (AvgIpc) is 2.42. The second-order valence-corrected chi connectivity index (χ2v) is 5.94. The van der Waals surface area contributed by atoms with Gasteiger partial charge in [0.05, 0.1) is 10.7 Å². The van der Waals surface area contributed by atoms with Crippen molar-refractivity contribution >= 4 is 29.2 Å². The van der Waals surface area contributed by atoms with E-state index in [4.69, 9.17) is 11.6 Å². The van der Waals surface area contributed by atoms with Crippen molar-refractivity contribution in [2.75, 3.05) is 18.4 Å². The predicted octanol–water partition coefficient (Wildman–Crippen LogP) is 2.64. The van der Waals surface area contributed by atoms with Gasteiger partial charge in [-0.3, -0.25) is 4.79 Å². The van der Waals surface area contributed by atoms with Crippen LogP contribution >= 0.6 is 11.6 Å². The zero-order valence-electron chi connectivity index (χ0n) is 12.4. The van der Waals surface area contributed by atoms with Crippen molar-refractivity contribution in [3.8, 4) is 0 Å². The smallest absolute Gasteiger partial charge is 0.322 e. The molecule has 0 spiro atoms. The van der Waals surface area contributed by atoms with Crippen molar-refractivity contribution in [3.63, 3.8) is 0 Å². The van der Waals surface area contributed by atoms with Crippen molar-refractivity contribution in [2.24, 2.45) is 5.92 Å². The van der Waals surface area contributed by atoms with Crippen LogP contribution in [0.5, 0.6) is 0 Å². The van der Waals surface area contributed by atoms with Crippen LogP contribution in [-0.4, -0.2) is 36.0 Å². The molecule has 1 aliphatic heterocycles. The van der Waals surface area contributed by atoms with E-state index >= 15 is 0 Å². The van der Waals surface area contributed by atoms with E-state index in [-0.39, 0.29) is 17.9 Å². The zero-order chi connectivity index (χ0) is 15.6. The average molecular weight is 310 g/mol. The Hall–Kier alpha value is -1.75. The Balaban J connectivity index is 2.20. The van der Waals surface area contributed by atoms with E-state index in [0.717, 1.165) is 5.56 Å². The van der Waals surface area contributed by atoms with E-state index in [9.17, 15) is 9.59 Å². The number of urea groups is 1. The number of para-hydroxylation sites is 1. The first-order chi connectivity index (χ1) is 9.91. The molecule has 0 unspecified atom stereocenters. The molecule has 3 amide bonds. The SMILES string of the molecule is Cc1cccc(Cl)c1NC(=O)N1CCNC(=O)[C@@H]1C(C)C. The van der Waals surface area contributed by atoms with E-state index < -0.39 is 6.04 Å². The number of benzene rings is 1. The molecule has 1 fully saturated rings. The number of carbonyl (C=O) groups excluding carboxylic acids is 2. The molecule has 1 saturated heterocycles. The molecule has 21 heavy (non-hydrogen) atoms. The lowest BCUT2D eigenvalue weighted by atomic mass is 10.00. The summed E-state index contributed by atoms with van der Waals surface area (Å²) in [5.41, 5.74) is 1.48. The Morgan fingerprint density at radius 2 is 2.19 bits per heavy atom. The number of piperazine rings is 1. The van der Waals surface area contributed by atoms with Gasteiger partial charge in [0.1, 0.15) is 6.04 Å². The Morgan fingerprint density at radius 3 is 2.81 bits per heavy atom. The Kier molecular flexibility index (Phi) is 4.73. The molecule has 6 heteroatoms. The van der Waals surface area contributed by atoms with Gasteiger partial charge in [-0.25, -0.2) is 4.79 Å². The Bertz CT molecular complexity index is 540. The highest BCUT2D eigenvalue weighted by Gasteiger charge is 2.35. The molecule has 1 aromatic carbocycles. The number of nitrogens with zero attached hydrogens (tertiary/aromatic N) is 1. The van der Waals surface area contributed by atoms with Crippen LogP contribution in [0.25, 0.3) is 0 Å². The van der Waals surface area contributed by atoms with Crippen LogP contribution in [0.3, 0.4) is 0 Å². The fourth-order valence-electron chi connectivity index (χ4n) is 2.54. The summed E-state index contributed by atoms with van der Waals surface area (Å²) in [4.78, 5) is 26.1. The van der Waals surface area contributed by atoms with E-state index in [0.29, 0.717) is 23.8 Å². The number of anilines is 1. The maximum atomic E-state index is 12.5. The molecule has 114 valence electrons. The number of amides is 3. The number of nitrogens with one attached hydrogen (secondary N) is 2. The summed E-state index contributed by atoms with van der Waals surface area (Å²) in [6.07, 6.45) is 0. The van der Waals surface area contributed by atoms with Gasteiger partial charge in [0.15, 0.2) is 0 Å². The molecule has 1 aromatic rings. The lowest BCUT2D eigenvalue weighted by molar-refractivity contribution is -0.129. The number of rotatable bonds is 2. The van der Waals surface area contributed by atoms with Gasteiger partial charge in [-0.2, -0.15) is 0 Å². The van der Waals surface area contributed by atoms with E-state index in [1.807, 2.05) is 32.9 Å². The summed E-state index contributed by atoms with van der Waals surface area (Å²) < 4.78 is 0. The number of hydrogen-bond acceptors (Lipinski definition) is 2.